The highest BCUT2D eigenvalue weighted by atomic mass is 32.2. The van der Waals surface area contributed by atoms with Gasteiger partial charge in [-0.05, 0) is 43.3 Å². The van der Waals surface area contributed by atoms with E-state index in [1.54, 1.807) is 31.2 Å². The van der Waals surface area contributed by atoms with Crippen LogP contribution in [0.25, 0.3) is 11.0 Å². The number of carboxylic acid groups (broad SMARTS) is 1. The minimum Gasteiger partial charge on any atom is -0.475 e. The Kier molecular flexibility index (Phi) is 6.19. The molecule has 0 amide bonds. The lowest BCUT2D eigenvalue weighted by Crippen LogP contribution is -2.04. The maximum atomic E-state index is 12.1. The van der Waals surface area contributed by atoms with E-state index in [9.17, 15) is 14.7 Å². The summed E-state index contributed by atoms with van der Waals surface area (Å²) in [7, 11) is 1.41. The lowest BCUT2D eigenvalue weighted by atomic mass is 10.1. The molecule has 28 heavy (non-hydrogen) atoms. The zero-order valence-corrected chi connectivity index (χ0v) is 15.8. The van der Waals surface area contributed by atoms with E-state index in [2.05, 4.69) is 4.89 Å². The van der Waals surface area contributed by atoms with E-state index in [0.29, 0.717) is 11.1 Å². The summed E-state index contributed by atoms with van der Waals surface area (Å²) in [5.41, 5.74) is 0.398. The van der Waals surface area contributed by atoms with Crippen LogP contribution < -0.4 is 4.74 Å². The number of fused-ring (bicyclic) bond motifs is 1. The number of aromatic carboxylic acids is 1. The number of esters is 1. The second-order valence-electron chi connectivity index (χ2n) is 5.41. The third-order valence-corrected chi connectivity index (χ3v) is 4.24. The van der Waals surface area contributed by atoms with Crippen molar-refractivity contribution in [2.45, 2.75) is 11.8 Å². The first-order valence-corrected chi connectivity index (χ1v) is 8.89. The molecule has 8 nitrogen and oxygen atoms in total. The first-order valence-electron chi connectivity index (χ1n) is 8.15. The van der Waals surface area contributed by atoms with Crippen molar-refractivity contribution in [3.8, 4) is 11.5 Å². The predicted molar refractivity (Wildman–Crippen MR) is 99.6 cm³/mol. The van der Waals surface area contributed by atoms with E-state index in [1.165, 1.54) is 25.3 Å². The number of carbonyl (C=O) groups is 2. The molecule has 1 aromatic heterocycles. The van der Waals surface area contributed by atoms with Crippen LogP contribution in [0.4, 0.5) is 0 Å². The zero-order valence-electron chi connectivity index (χ0n) is 15.0. The van der Waals surface area contributed by atoms with Crippen molar-refractivity contribution < 1.29 is 37.8 Å². The summed E-state index contributed by atoms with van der Waals surface area (Å²) in [4.78, 5) is 28.7. The highest BCUT2D eigenvalue weighted by Crippen LogP contribution is 2.35. The molecule has 1 heterocycles. The Balaban J connectivity index is 1.97. The molecule has 0 radical (unpaired) electrons. The number of carboxylic acids is 1. The molecule has 0 saturated heterocycles. The highest BCUT2D eigenvalue weighted by Gasteiger charge is 2.19. The molecule has 0 bridgehead atoms. The average molecular weight is 404 g/mol. The van der Waals surface area contributed by atoms with Crippen LogP contribution in [0.15, 0.2) is 51.8 Å². The van der Waals surface area contributed by atoms with Gasteiger partial charge in [0.15, 0.2) is 0 Å². The molecule has 0 unspecified atom stereocenters. The quantitative estimate of drug-likeness (QED) is 0.248. The molecule has 3 aromatic rings. The van der Waals surface area contributed by atoms with Crippen LogP contribution in [-0.2, 0) is 14.0 Å². The third-order valence-electron chi connectivity index (χ3n) is 3.57. The lowest BCUT2D eigenvalue weighted by Gasteiger charge is -2.09. The molecular formula is C19H16O8S. The number of hydrogen-bond acceptors (Lipinski definition) is 8. The molecule has 9 heteroatoms. The number of rotatable bonds is 8. The standard InChI is InChI=1S/C19H16O8S/c1-3-24-19(22)11-8-15(14-10-17(18(20)21)26-16(14)9-11)25-12-4-6-13(7-5-12)28-27-23-2/h4-10H,3H2,1-2H3,(H,20,21). The van der Waals surface area contributed by atoms with Gasteiger partial charge in [0.2, 0.25) is 5.76 Å². The van der Waals surface area contributed by atoms with E-state index in [-0.39, 0.29) is 29.3 Å². The molecular weight excluding hydrogens is 388 g/mol. The SMILES string of the molecule is CCOC(=O)c1cc(Oc2ccc(SOOC)cc2)c2cc(C(=O)O)oc2c1. The van der Waals surface area contributed by atoms with Crippen LogP contribution in [0.5, 0.6) is 11.5 Å². The first kappa shape index (κ1) is 19.7. The molecule has 1 N–H and O–H groups in total. The van der Waals surface area contributed by atoms with Gasteiger partial charge >= 0.3 is 11.9 Å². The van der Waals surface area contributed by atoms with E-state index in [4.69, 9.17) is 18.2 Å². The van der Waals surface area contributed by atoms with Gasteiger partial charge < -0.3 is 19.0 Å². The number of carbonyl (C=O) groups excluding carboxylic acids is 1. The van der Waals surface area contributed by atoms with Crippen molar-refractivity contribution in [1.29, 1.82) is 0 Å². The van der Waals surface area contributed by atoms with Crippen molar-refractivity contribution in [1.82, 2.24) is 0 Å². The summed E-state index contributed by atoms with van der Waals surface area (Å²) in [6, 6.07) is 11.2. The Bertz CT molecular complexity index is 993. The molecule has 2 aromatic carbocycles. The summed E-state index contributed by atoms with van der Waals surface area (Å²) in [5.74, 6) is -1.30. The van der Waals surface area contributed by atoms with E-state index < -0.39 is 11.9 Å². The van der Waals surface area contributed by atoms with Crippen LogP contribution in [0, 0.1) is 0 Å². The molecule has 146 valence electrons. The van der Waals surface area contributed by atoms with Crippen molar-refractivity contribution in [3.05, 3.63) is 53.8 Å². The van der Waals surface area contributed by atoms with Gasteiger partial charge in [-0.25, -0.2) is 14.5 Å². The fourth-order valence-corrected chi connectivity index (χ4v) is 2.79. The van der Waals surface area contributed by atoms with Gasteiger partial charge in [0.1, 0.15) is 17.1 Å². The molecule has 0 aliphatic rings. The Morgan fingerprint density at radius 3 is 2.54 bits per heavy atom. The van der Waals surface area contributed by atoms with Gasteiger partial charge in [-0.2, -0.15) is 4.33 Å². The second-order valence-corrected chi connectivity index (χ2v) is 6.19. The van der Waals surface area contributed by atoms with Gasteiger partial charge in [-0.1, -0.05) is 0 Å². The normalized spacial score (nSPS) is 10.8. The van der Waals surface area contributed by atoms with Gasteiger partial charge in [-0.15, -0.1) is 0 Å². The summed E-state index contributed by atoms with van der Waals surface area (Å²) in [6.07, 6.45) is 0. The predicted octanol–water partition coefficient (Wildman–Crippen LogP) is 4.69. The highest BCUT2D eigenvalue weighted by molar-refractivity contribution is 7.94. The van der Waals surface area contributed by atoms with Crippen molar-refractivity contribution >= 4 is 35.0 Å². The Morgan fingerprint density at radius 2 is 1.89 bits per heavy atom. The molecule has 0 aliphatic heterocycles. The number of ether oxygens (including phenoxy) is 2. The summed E-state index contributed by atoms with van der Waals surface area (Å²) in [6.45, 7) is 1.89. The summed E-state index contributed by atoms with van der Waals surface area (Å²) in [5, 5.41) is 9.60. The largest absolute Gasteiger partial charge is 0.475 e. The zero-order chi connectivity index (χ0) is 20.1. The Labute approximate surface area is 164 Å². The van der Waals surface area contributed by atoms with Crippen LogP contribution in [-0.4, -0.2) is 30.8 Å². The summed E-state index contributed by atoms with van der Waals surface area (Å²) >= 11 is 1.04. The van der Waals surface area contributed by atoms with Gasteiger partial charge in [-0.3, -0.25) is 0 Å². The summed E-state index contributed by atoms with van der Waals surface area (Å²) < 4.78 is 21.0. The maximum Gasteiger partial charge on any atom is 0.371 e. The van der Waals surface area contributed by atoms with Crippen LogP contribution >= 0.6 is 12.0 Å². The second kappa shape index (κ2) is 8.79. The van der Waals surface area contributed by atoms with E-state index in [1.807, 2.05) is 0 Å². The maximum absolute atomic E-state index is 12.1. The van der Waals surface area contributed by atoms with Crippen molar-refractivity contribution in [3.63, 3.8) is 0 Å². The third kappa shape index (κ3) is 4.45. The van der Waals surface area contributed by atoms with Gasteiger partial charge in [0.25, 0.3) is 0 Å². The fraction of sp³-hybridized carbons (Fsp3) is 0.158. The molecule has 0 saturated carbocycles. The van der Waals surface area contributed by atoms with Crippen LogP contribution in [0.1, 0.15) is 27.8 Å². The lowest BCUT2D eigenvalue weighted by molar-refractivity contribution is -0.160. The average Bonchev–Trinajstić information content (AvgIpc) is 3.12. The number of benzene rings is 2. The monoisotopic (exact) mass is 404 g/mol. The Hall–Kier alpha value is -3.01. The van der Waals surface area contributed by atoms with Crippen molar-refractivity contribution in [2.24, 2.45) is 0 Å². The minimum atomic E-state index is -1.22. The number of furan rings is 1. The number of hydrogen-bond donors (Lipinski definition) is 1. The van der Waals surface area contributed by atoms with Crippen molar-refractivity contribution in [2.75, 3.05) is 13.7 Å². The van der Waals surface area contributed by atoms with Crippen LogP contribution in [0.2, 0.25) is 0 Å². The fourth-order valence-electron chi connectivity index (χ4n) is 2.39. The smallest absolute Gasteiger partial charge is 0.371 e. The van der Waals surface area contributed by atoms with E-state index in [0.717, 1.165) is 16.9 Å². The van der Waals surface area contributed by atoms with Gasteiger partial charge in [0, 0.05) is 11.0 Å². The van der Waals surface area contributed by atoms with E-state index >= 15 is 0 Å². The molecule has 0 fully saturated rings. The topological polar surface area (TPSA) is 104 Å². The molecule has 0 atom stereocenters. The van der Waals surface area contributed by atoms with Gasteiger partial charge in [0.05, 0.1) is 36.7 Å². The molecule has 0 spiro atoms. The minimum absolute atomic E-state index is 0.191. The first-order chi connectivity index (χ1) is 13.5. The molecule has 3 rings (SSSR count). The molecule has 0 aliphatic carbocycles. The Morgan fingerprint density at radius 1 is 1.14 bits per heavy atom. The van der Waals surface area contributed by atoms with Crippen LogP contribution in [0.3, 0.4) is 0 Å².